The third-order valence-electron chi connectivity index (χ3n) is 4.08. The highest BCUT2D eigenvalue weighted by atomic mass is 19.1. The lowest BCUT2D eigenvalue weighted by Crippen LogP contribution is -2.24. The molecule has 1 heterocycles. The van der Waals surface area contributed by atoms with Crippen LogP contribution in [0.1, 0.15) is 21.6 Å². The third-order valence-corrected chi connectivity index (χ3v) is 4.08. The Bertz CT molecular complexity index is 866. The first kappa shape index (κ1) is 17.6. The Hall–Kier alpha value is -3.21. The molecule has 0 saturated carbocycles. The summed E-state index contributed by atoms with van der Waals surface area (Å²) in [6.45, 7) is 0.879. The Labute approximate surface area is 152 Å². The zero-order valence-electron chi connectivity index (χ0n) is 14.5. The van der Waals surface area contributed by atoms with Gasteiger partial charge in [-0.3, -0.25) is 4.79 Å². The van der Waals surface area contributed by atoms with Crippen LogP contribution in [0.4, 0.5) is 10.1 Å². The van der Waals surface area contributed by atoms with Crippen LogP contribution in [0.25, 0.3) is 0 Å². The predicted octanol–water partition coefficient (Wildman–Crippen LogP) is 3.79. The SMILES string of the molecule is CN(Cc1ccccc1)c1ccc(C(=O)NCc2ccccc2F)nc1. The zero-order chi connectivity index (χ0) is 18.4. The minimum Gasteiger partial charge on any atom is -0.369 e. The Morgan fingerprint density at radius 1 is 1.04 bits per heavy atom. The van der Waals surface area contributed by atoms with Crippen LogP contribution in [0.2, 0.25) is 0 Å². The average molecular weight is 349 g/mol. The summed E-state index contributed by atoms with van der Waals surface area (Å²) in [5, 5.41) is 2.69. The number of anilines is 1. The number of hydrogen-bond donors (Lipinski definition) is 1. The van der Waals surface area contributed by atoms with Crippen LogP contribution in [-0.2, 0) is 13.1 Å². The van der Waals surface area contributed by atoms with Crippen LogP contribution in [0.5, 0.6) is 0 Å². The summed E-state index contributed by atoms with van der Waals surface area (Å²) in [5.41, 5.74) is 2.86. The molecule has 0 unspecified atom stereocenters. The summed E-state index contributed by atoms with van der Waals surface area (Å²) < 4.78 is 13.6. The Balaban J connectivity index is 1.60. The second-order valence-electron chi connectivity index (χ2n) is 6.02. The lowest BCUT2D eigenvalue weighted by atomic mass is 10.2. The van der Waals surface area contributed by atoms with E-state index in [1.165, 1.54) is 11.6 Å². The minimum atomic E-state index is -0.335. The molecular formula is C21H20FN3O. The monoisotopic (exact) mass is 349 g/mol. The van der Waals surface area contributed by atoms with Crippen molar-refractivity contribution in [2.24, 2.45) is 0 Å². The van der Waals surface area contributed by atoms with Crippen LogP contribution in [0.3, 0.4) is 0 Å². The number of benzene rings is 2. The van der Waals surface area contributed by atoms with E-state index in [-0.39, 0.29) is 18.3 Å². The summed E-state index contributed by atoms with van der Waals surface area (Å²) in [5.74, 6) is -0.663. The minimum absolute atomic E-state index is 0.128. The highest BCUT2D eigenvalue weighted by Crippen LogP contribution is 2.15. The van der Waals surface area contributed by atoms with Gasteiger partial charge in [0, 0.05) is 25.7 Å². The molecule has 132 valence electrons. The van der Waals surface area contributed by atoms with Crippen molar-refractivity contribution < 1.29 is 9.18 Å². The van der Waals surface area contributed by atoms with Crippen molar-refractivity contribution in [3.05, 3.63) is 95.6 Å². The van der Waals surface area contributed by atoms with Crippen molar-refractivity contribution in [1.29, 1.82) is 0 Å². The Kier molecular flexibility index (Phi) is 5.59. The maximum absolute atomic E-state index is 13.6. The zero-order valence-corrected chi connectivity index (χ0v) is 14.5. The van der Waals surface area contributed by atoms with Crippen molar-refractivity contribution >= 4 is 11.6 Å². The predicted molar refractivity (Wildman–Crippen MR) is 100 cm³/mol. The molecule has 0 radical (unpaired) electrons. The second kappa shape index (κ2) is 8.25. The van der Waals surface area contributed by atoms with E-state index in [0.29, 0.717) is 11.3 Å². The van der Waals surface area contributed by atoms with Gasteiger partial charge in [0.2, 0.25) is 0 Å². The van der Waals surface area contributed by atoms with Gasteiger partial charge in [0.1, 0.15) is 11.5 Å². The molecule has 0 aliphatic rings. The first-order chi connectivity index (χ1) is 12.6. The quantitative estimate of drug-likeness (QED) is 0.736. The second-order valence-corrected chi connectivity index (χ2v) is 6.02. The van der Waals surface area contributed by atoms with Crippen molar-refractivity contribution in [1.82, 2.24) is 10.3 Å². The van der Waals surface area contributed by atoms with Crippen molar-refractivity contribution in [3.63, 3.8) is 0 Å². The van der Waals surface area contributed by atoms with Gasteiger partial charge in [0.25, 0.3) is 5.91 Å². The normalized spacial score (nSPS) is 10.4. The van der Waals surface area contributed by atoms with Crippen molar-refractivity contribution in [2.45, 2.75) is 13.1 Å². The highest BCUT2D eigenvalue weighted by molar-refractivity contribution is 5.92. The van der Waals surface area contributed by atoms with E-state index in [9.17, 15) is 9.18 Å². The van der Waals surface area contributed by atoms with Gasteiger partial charge in [-0.05, 0) is 23.8 Å². The lowest BCUT2D eigenvalue weighted by molar-refractivity contribution is 0.0945. The summed E-state index contributed by atoms with van der Waals surface area (Å²) >= 11 is 0. The Morgan fingerprint density at radius 3 is 2.46 bits per heavy atom. The molecular weight excluding hydrogens is 329 g/mol. The maximum atomic E-state index is 13.6. The fraction of sp³-hybridized carbons (Fsp3) is 0.143. The van der Waals surface area contributed by atoms with Gasteiger partial charge in [-0.15, -0.1) is 0 Å². The van der Waals surface area contributed by atoms with Crippen LogP contribution in [0.15, 0.2) is 72.9 Å². The fourth-order valence-corrected chi connectivity index (χ4v) is 2.60. The first-order valence-electron chi connectivity index (χ1n) is 8.36. The van der Waals surface area contributed by atoms with Crippen LogP contribution in [-0.4, -0.2) is 17.9 Å². The maximum Gasteiger partial charge on any atom is 0.270 e. The molecule has 26 heavy (non-hydrogen) atoms. The number of halogens is 1. The number of nitrogens with one attached hydrogen (secondary N) is 1. The molecule has 3 rings (SSSR count). The molecule has 1 N–H and O–H groups in total. The Morgan fingerprint density at radius 2 is 1.77 bits per heavy atom. The molecule has 1 amide bonds. The molecule has 0 fully saturated rings. The van der Waals surface area contributed by atoms with E-state index in [0.717, 1.165) is 12.2 Å². The van der Waals surface area contributed by atoms with E-state index < -0.39 is 0 Å². The van der Waals surface area contributed by atoms with Gasteiger partial charge in [0.05, 0.1) is 11.9 Å². The van der Waals surface area contributed by atoms with Crippen molar-refractivity contribution in [2.75, 3.05) is 11.9 Å². The largest absolute Gasteiger partial charge is 0.369 e. The van der Waals surface area contributed by atoms with E-state index in [1.807, 2.05) is 31.3 Å². The van der Waals surface area contributed by atoms with E-state index in [2.05, 4.69) is 27.3 Å². The standard InChI is InChI=1S/C21H20FN3O/c1-25(15-16-7-3-2-4-8-16)18-11-12-20(23-14-18)21(26)24-13-17-9-5-6-10-19(17)22/h2-12,14H,13,15H2,1H3,(H,24,26). The summed E-state index contributed by atoms with van der Waals surface area (Å²) in [6, 6.07) is 20.0. The number of rotatable bonds is 6. The number of carbonyl (C=O) groups is 1. The van der Waals surface area contributed by atoms with Gasteiger partial charge in [-0.2, -0.15) is 0 Å². The van der Waals surface area contributed by atoms with Gasteiger partial charge in [0.15, 0.2) is 0 Å². The number of nitrogens with zero attached hydrogens (tertiary/aromatic N) is 2. The lowest BCUT2D eigenvalue weighted by Gasteiger charge is -2.19. The molecule has 0 spiro atoms. The molecule has 0 atom stereocenters. The summed E-state index contributed by atoms with van der Waals surface area (Å²) in [4.78, 5) is 18.5. The number of hydrogen-bond acceptors (Lipinski definition) is 3. The van der Waals surface area contributed by atoms with E-state index in [1.54, 1.807) is 30.5 Å². The van der Waals surface area contributed by atoms with Crippen LogP contribution >= 0.6 is 0 Å². The van der Waals surface area contributed by atoms with Gasteiger partial charge in [-0.25, -0.2) is 9.37 Å². The highest BCUT2D eigenvalue weighted by Gasteiger charge is 2.10. The third kappa shape index (κ3) is 4.45. The van der Waals surface area contributed by atoms with E-state index >= 15 is 0 Å². The van der Waals surface area contributed by atoms with Crippen LogP contribution < -0.4 is 10.2 Å². The number of amides is 1. The number of aromatic nitrogens is 1. The number of pyridine rings is 1. The van der Waals surface area contributed by atoms with Gasteiger partial charge in [-0.1, -0.05) is 48.5 Å². The van der Waals surface area contributed by atoms with E-state index in [4.69, 9.17) is 0 Å². The van der Waals surface area contributed by atoms with Gasteiger partial charge >= 0.3 is 0 Å². The molecule has 0 aliphatic carbocycles. The number of carbonyl (C=O) groups excluding carboxylic acids is 1. The smallest absolute Gasteiger partial charge is 0.270 e. The summed E-state index contributed by atoms with van der Waals surface area (Å²) in [6.07, 6.45) is 1.67. The summed E-state index contributed by atoms with van der Waals surface area (Å²) in [7, 11) is 1.97. The molecule has 0 bridgehead atoms. The fourth-order valence-electron chi connectivity index (χ4n) is 2.60. The van der Waals surface area contributed by atoms with Crippen molar-refractivity contribution in [3.8, 4) is 0 Å². The molecule has 4 nitrogen and oxygen atoms in total. The molecule has 2 aromatic carbocycles. The molecule has 0 aliphatic heterocycles. The molecule has 5 heteroatoms. The average Bonchev–Trinajstić information content (AvgIpc) is 2.68. The first-order valence-corrected chi connectivity index (χ1v) is 8.36. The molecule has 1 aromatic heterocycles. The topological polar surface area (TPSA) is 45.2 Å². The molecule has 3 aromatic rings. The van der Waals surface area contributed by atoms with Crippen LogP contribution in [0, 0.1) is 5.82 Å². The van der Waals surface area contributed by atoms with Gasteiger partial charge < -0.3 is 10.2 Å². The molecule has 0 saturated heterocycles.